The van der Waals surface area contributed by atoms with Gasteiger partial charge < -0.3 is 8.83 Å². The van der Waals surface area contributed by atoms with E-state index < -0.39 is 5.63 Å². The molecule has 2 aromatic heterocycles. The fraction of sp³-hybridized carbons (Fsp3) is 0. The van der Waals surface area contributed by atoms with Crippen LogP contribution < -0.4 is 11.1 Å². The monoisotopic (exact) mass is 214 g/mol. The lowest BCUT2D eigenvalue weighted by atomic mass is 10.1. The van der Waals surface area contributed by atoms with E-state index in [0.29, 0.717) is 21.9 Å². The molecule has 4 heteroatoms. The molecule has 1 aromatic carbocycles. The highest BCUT2D eigenvalue weighted by Gasteiger charge is 2.04. The molecule has 0 bridgehead atoms. The van der Waals surface area contributed by atoms with Gasteiger partial charge >= 0.3 is 5.63 Å². The van der Waals surface area contributed by atoms with Crippen LogP contribution >= 0.6 is 0 Å². The van der Waals surface area contributed by atoms with Crippen molar-refractivity contribution in [3.05, 3.63) is 57.2 Å². The molecule has 0 unspecified atom stereocenters. The maximum atomic E-state index is 11.5. The fourth-order valence-corrected chi connectivity index (χ4v) is 1.65. The van der Waals surface area contributed by atoms with E-state index in [1.165, 1.54) is 18.4 Å². The van der Waals surface area contributed by atoms with Crippen LogP contribution in [0.15, 0.2) is 55.0 Å². The molecule has 0 fully saturated rings. The zero-order valence-electron chi connectivity index (χ0n) is 8.10. The van der Waals surface area contributed by atoms with Crippen LogP contribution in [-0.2, 0) is 0 Å². The quantitative estimate of drug-likeness (QED) is 0.423. The summed E-state index contributed by atoms with van der Waals surface area (Å²) in [5, 5.41) is 1.18. The molecule has 0 atom stereocenters. The number of hydrogen-bond acceptors (Lipinski definition) is 4. The van der Waals surface area contributed by atoms with Crippen LogP contribution in [0.5, 0.6) is 0 Å². The Kier molecular flexibility index (Phi) is 1.71. The van der Waals surface area contributed by atoms with Gasteiger partial charge in [-0.1, -0.05) is 0 Å². The molecule has 78 valence electrons. The first-order valence-corrected chi connectivity index (χ1v) is 4.69. The van der Waals surface area contributed by atoms with E-state index in [2.05, 4.69) is 0 Å². The second-order valence-electron chi connectivity index (χ2n) is 3.43. The summed E-state index contributed by atoms with van der Waals surface area (Å²) in [4.78, 5) is 22.6. The lowest BCUT2D eigenvalue weighted by molar-refractivity contribution is 0.558. The van der Waals surface area contributed by atoms with E-state index >= 15 is 0 Å². The van der Waals surface area contributed by atoms with Crippen LogP contribution in [0.2, 0.25) is 0 Å². The fourth-order valence-electron chi connectivity index (χ4n) is 1.65. The minimum absolute atomic E-state index is 0.116. The molecule has 3 rings (SSSR count). The van der Waals surface area contributed by atoms with Crippen LogP contribution in [-0.4, -0.2) is 0 Å². The Labute approximate surface area is 88.7 Å². The minimum Gasteiger partial charge on any atom is -0.464 e. The number of rotatable bonds is 0. The second kappa shape index (κ2) is 3.06. The Morgan fingerprint density at radius 1 is 0.938 bits per heavy atom. The molecule has 3 aromatic rings. The molecule has 2 heterocycles. The summed E-state index contributed by atoms with van der Waals surface area (Å²) in [5.41, 5.74) is 0.281. The van der Waals surface area contributed by atoms with Crippen molar-refractivity contribution in [2.45, 2.75) is 0 Å². The topological polar surface area (TPSA) is 60.4 Å². The van der Waals surface area contributed by atoms with Gasteiger partial charge in [0.05, 0.1) is 11.6 Å². The zero-order chi connectivity index (χ0) is 11.1. The molecule has 0 radical (unpaired) electrons. The predicted molar refractivity (Wildman–Crippen MR) is 58.5 cm³/mol. The van der Waals surface area contributed by atoms with Crippen molar-refractivity contribution in [1.29, 1.82) is 0 Å². The Morgan fingerprint density at radius 3 is 2.69 bits per heavy atom. The van der Waals surface area contributed by atoms with Gasteiger partial charge in [-0.05, 0) is 12.1 Å². The van der Waals surface area contributed by atoms with E-state index in [0.717, 1.165) is 0 Å². The first-order chi connectivity index (χ1) is 7.74. The molecule has 0 N–H and O–H groups in total. The average Bonchev–Trinajstić information content (AvgIpc) is 2.27. The predicted octanol–water partition coefficient (Wildman–Crippen LogP) is 1.90. The molecule has 0 aliphatic heterocycles. The molecular weight excluding hydrogens is 208 g/mol. The van der Waals surface area contributed by atoms with Crippen LogP contribution in [0.3, 0.4) is 0 Å². The average molecular weight is 214 g/mol. The zero-order valence-corrected chi connectivity index (χ0v) is 8.10. The summed E-state index contributed by atoms with van der Waals surface area (Å²) >= 11 is 0. The molecule has 0 aliphatic carbocycles. The lowest BCUT2D eigenvalue weighted by Crippen LogP contribution is -1.99. The number of fused-ring (bicyclic) bond motifs is 2. The lowest BCUT2D eigenvalue weighted by Gasteiger charge is -1.98. The maximum Gasteiger partial charge on any atom is 0.336 e. The van der Waals surface area contributed by atoms with E-state index in [-0.39, 0.29) is 5.43 Å². The smallest absolute Gasteiger partial charge is 0.336 e. The Hall–Kier alpha value is -2.36. The van der Waals surface area contributed by atoms with Crippen LogP contribution in [0, 0.1) is 0 Å². The summed E-state index contributed by atoms with van der Waals surface area (Å²) in [7, 11) is 0. The third-order valence-corrected chi connectivity index (χ3v) is 2.40. The molecule has 0 saturated carbocycles. The summed E-state index contributed by atoms with van der Waals surface area (Å²) in [6.45, 7) is 0. The van der Waals surface area contributed by atoms with Gasteiger partial charge in [0.1, 0.15) is 11.2 Å². The van der Waals surface area contributed by atoms with Gasteiger partial charge in [0.25, 0.3) is 0 Å². The maximum absolute atomic E-state index is 11.5. The largest absolute Gasteiger partial charge is 0.464 e. The summed E-state index contributed by atoms with van der Waals surface area (Å²) in [6, 6.07) is 7.49. The number of benzene rings is 1. The van der Waals surface area contributed by atoms with E-state index in [1.54, 1.807) is 18.2 Å². The molecule has 0 saturated heterocycles. The van der Waals surface area contributed by atoms with Crippen LogP contribution in [0.25, 0.3) is 21.9 Å². The number of hydrogen-bond donors (Lipinski definition) is 0. The molecule has 16 heavy (non-hydrogen) atoms. The van der Waals surface area contributed by atoms with Crippen molar-refractivity contribution in [2.24, 2.45) is 0 Å². The molecule has 4 nitrogen and oxygen atoms in total. The second-order valence-corrected chi connectivity index (χ2v) is 3.43. The van der Waals surface area contributed by atoms with Crippen LogP contribution in [0.1, 0.15) is 0 Å². The van der Waals surface area contributed by atoms with E-state index in [1.807, 2.05) is 0 Å². The van der Waals surface area contributed by atoms with Crippen molar-refractivity contribution in [3.8, 4) is 0 Å². The van der Waals surface area contributed by atoms with Crippen molar-refractivity contribution in [2.75, 3.05) is 0 Å². The van der Waals surface area contributed by atoms with Gasteiger partial charge in [-0.15, -0.1) is 0 Å². The minimum atomic E-state index is -0.426. The van der Waals surface area contributed by atoms with Crippen molar-refractivity contribution in [1.82, 2.24) is 0 Å². The van der Waals surface area contributed by atoms with Gasteiger partial charge in [-0.25, -0.2) is 4.79 Å². The normalized spacial score (nSPS) is 11.0. The van der Waals surface area contributed by atoms with Gasteiger partial charge in [0, 0.05) is 23.6 Å². The van der Waals surface area contributed by atoms with Crippen LogP contribution in [0.4, 0.5) is 0 Å². The summed E-state index contributed by atoms with van der Waals surface area (Å²) in [6.07, 6.45) is 1.32. The van der Waals surface area contributed by atoms with Crippen molar-refractivity contribution < 1.29 is 8.83 Å². The van der Waals surface area contributed by atoms with Gasteiger partial charge in [0.2, 0.25) is 0 Å². The summed E-state index contributed by atoms with van der Waals surface area (Å²) in [5.74, 6) is 0. The summed E-state index contributed by atoms with van der Waals surface area (Å²) < 4.78 is 10.2. The Bertz CT molecular complexity index is 794. The molecule has 0 spiro atoms. The highest BCUT2D eigenvalue weighted by molar-refractivity contribution is 5.92. The third-order valence-electron chi connectivity index (χ3n) is 2.40. The third kappa shape index (κ3) is 1.24. The first kappa shape index (κ1) is 8.91. The van der Waals surface area contributed by atoms with Crippen molar-refractivity contribution in [3.63, 3.8) is 0 Å². The molecule has 0 amide bonds. The van der Waals surface area contributed by atoms with Crippen molar-refractivity contribution >= 4 is 21.9 Å². The molecular formula is C12H6O4. The molecule has 0 aliphatic rings. The van der Waals surface area contributed by atoms with Gasteiger partial charge in [-0.3, -0.25) is 4.79 Å². The van der Waals surface area contributed by atoms with E-state index in [9.17, 15) is 9.59 Å². The van der Waals surface area contributed by atoms with Gasteiger partial charge in [0.15, 0.2) is 5.43 Å². The van der Waals surface area contributed by atoms with Gasteiger partial charge in [-0.2, -0.15) is 0 Å². The van der Waals surface area contributed by atoms with E-state index in [4.69, 9.17) is 8.83 Å². The SMILES string of the molecule is O=c1ccc2cc3c(=O)ccoc3cc2o1. The first-order valence-electron chi connectivity index (χ1n) is 4.69. The highest BCUT2D eigenvalue weighted by Crippen LogP contribution is 2.18. The Balaban J connectivity index is 2.59. The standard InChI is InChI=1S/C12H6O4/c13-9-3-4-15-11-6-10-7(5-8(9)11)1-2-12(14)16-10/h1-6H. The Morgan fingerprint density at radius 2 is 1.81 bits per heavy atom. The highest BCUT2D eigenvalue weighted by atomic mass is 16.4.